The van der Waals surface area contributed by atoms with Gasteiger partial charge in [-0.2, -0.15) is 0 Å². The lowest BCUT2D eigenvalue weighted by molar-refractivity contribution is 0.521. The van der Waals surface area contributed by atoms with Gasteiger partial charge in [-0.05, 0) is 24.5 Å². The fraction of sp³-hybridized carbons (Fsp3) is 0.538. The minimum atomic E-state index is -3.19. The monoisotopic (exact) mass is 289 g/mol. The van der Waals surface area contributed by atoms with E-state index in [1.807, 2.05) is 6.07 Å². The van der Waals surface area contributed by atoms with E-state index in [-0.39, 0.29) is 0 Å². The molecular formula is C13H20ClNO2S. The number of hydrogen-bond donors (Lipinski definition) is 1. The van der Waals surface area contributed by atoms with Crippen LogP contribution in [0.2, 0.25) is 0 Å². The normalized spacial score (nSPS) is 13.3. The van der Waals surface area contributed by atoms with Crippen molar-refractivity contribution in [2.24, 2.45) is 5.92 Å². The molecule has 5 heteroatoms. The van der Waals surface area contributed by atoms with Gasteiger partial charge in [0, 0.05) is 18.7 Å². The van der Waals surface area contributed by atoms with Gasteiger partial charge in [-0.25, -0.2) is 8.42 Å². The molecule has 1 rings (SSSR count). The SMILES string of the molecule is CCC(CCCl)CNc1ccccc1S(C)(=O)=O. The van der Waals surface area contributed by atoms with Gasteiger partial charge in [0.15, 0.2) is 9.84 Å². The number of para-hydroxylation sites is 1. The number of sulfone groups is 1. The summed E-state index contributed by atoms with van der Waals surface area (Å²) in [6.07, 6.45) is 3.19. The Bertz CT molecular complexity index is 474. The lowest BCUT2D eigenvalue weighted by Crippen LogP contribution is -2.15. The quantitative estimate of drug-likeness (QED) is 0.784. The van der Waals surface area contributed by atoms with Crippen molar-refractivity contribution in [3.63, 3.8) is 0 Å². The number of rotatable bonds is 7. The molecule has 1 unspecified atom stereocenters. The summed E-state index contributed by atoms with van der Waals surface area (Å²) >= 11 is 5.74. The van der Waals surface area contributed by atoms with Gasteiger partial charge < -0.3 is 5.32 Å². The van der Waals surface area contributed by atoms with E-state index in [1.165, 1.54) is 6.26 Å². The zero-order valence-corrected chi connectivity index (χ0v) is 12.4. The molecule has 0 saturated carbocycles. The van der Waals surface area contributed by atoms with Gasteiger partial charge in [-0.1, -0.05) is 25.5 Å². The highest BCUT2D eigenvalue weighted by Crippen LogP contribution is 2.21. The molecule has 0 aliphatic rings. The number of hydrogen-bond acceptors (Lipinski definition) is 3. The first kappa shape index (κ1) is 15.3. The van der Waals surface area contributed by atoms with Crippen molar-refractivity contribution in [2.45, 2.75) is 24.7 Å². The van der Waals surface area contributed by atoms with Crippen LogP contribution in [0.1, 0.15) is 19.8 Å². The predicted molar refractivity (Wildman–Crippen MR) is 77.2 cm³/mol. The van der Waals surface area contributed by atoms with Crippen molar-refractivity contribution in [2.75, 3.05) is 24.0 Å². The van der Waals surface area contributed by atoms with Crippen LogP contribution in [0, 0.1) is 5.92 Å². The number of alkyl halides is 1. The molecule has 3 nitrogen and oxygen atoms in total. The Balaban J connectivity index is 2.79. The second-order valence-electron chi connectivity index (χ2n) is 4.40. The van der Waals surface area contributed by atoms with E-state index in [2.05, 4.69) is 12.2 Å². The molecule has 18 heavy (non-hydrogen) atoms. The second kappa shape index (κ2) is 7.00. The van der Waals surface area contributed by atoms with E-state index in [4.69, 9.17) is 11.6 Å². The Kier molecular flexibility index (Phi) is 5.96. The smallest absolute Gasteiger partial charge is 0.177 e. The number of nitrogens with one attached hydrogen (secondary N) is 1. The Labute approximate surface area is 114 Å². The highest BCUT2D eigenvalue weighted by Gasteiger charge is 2.13. The molecule has 102 valence electrons. The summed E-state index contributed by atoms with van der Waals surface area (Å²) in [5, 5.41) is 3.22. The van der Waals surface area contributed by atoms with E-state index in [1.54, 1.807) is 18.2 Å². The van der Waals surface area contributed by atoms with Crippen LogP contribution >= 0.6 is 11.6 Å². The molecule has 1 aromatic rings. The molecule has 0 aliphatic carbocycles. The van der Waals surface area contributed by atoms with Crippen LogP contribution in [-0.4, -0.2) is 27.1 Å². The molecule has 0 fully saturated rings. The van der Waals surface area contributed by atoms with Crippen molar-refractivity contribution in [3.05, 3.63) is 24.3 Å². The zero-order chi connectivity index (χ0) is 13.6. The summed E-state index contributed by atoms with van der Waals surface area (Å²) in [6, 6.07) is 6.99. The average Bonchev–Trinajstić information content (AvgIpc) is 2.33. The highest BCUT2D eigenvalue weighted by molar-refractivity contribution is 7.90. The number of halogens is 1. The van der Waals surface area contributed by atoms with Crippen LogP contribution in [0.5, 0.6) is 0 Å². The maximum Gasteiger partial charge on any atom is 0.177 e. The standard InChI is InChI=1S/C13H20ClNO2S/c1-3-11(8-9-14)10-15-12-6-4-5-7-13(12)18(2,16)17/h4-7,11,15H,3,8-10H2,1-2H3. The van der Waals surface area contributed by atoms with Gasteiger partial charge in [0.05, 0.1) is 10.6 Å². The van der Waals surface area contributed by atoms with Crippen molar-refractivity contribution in [3.8, 4) is 0 Å². The topological polar surface area (TPSA) is 46.2 Å². The summed E-state index contributed by atoms with van der Waals surface area (Å²) in [4.78, 5) is 0.353. The van der Waals surface area contributed by atoms with Crippen molar-refractivity contribution in [1.29, 1.82) is 0 Å². The van der Waals surface area contributed by atoms with Crippen molar-refractivity contribution in [1.82, 2.24) is 0 Å². The molecule has 0 heterocycles. The molecule has 0 amide bonds. The van der Waals surface area contributed by atoms with E-state index in [0.717, 1.165) is 19.4 Å². The molecule has 0 bridgehead atoms. The summed E-state index contributed by atoms with van der Waals surface area (Å²) in [5.41, 5.74) is 0.674. The van der Waals surface area contributed by atoms with Crippen LogP contribution in [0.4, 0.5) is 5.69 Å². The largest absolute Gasteiger partial charge is 0.384 e. The zero-order valence-electron chi connectivity index (χ0n) is 10.8. The van der Waals surface area contributed by atoms with Gasteiger partial charge >= 0.3 is 0 Å². The van der Waals surface area contributed by atoms with Gasteiger partial charge in [0.25, 0.3) is 0 Å². The van der Waals surface area contributed by atoms with Gasteiger partial charge in [-0.3, -0.25) is 0 Å². The van der Waals surface area contributed by atoms with Crippen LogP contribution in [0.3, 0.4) is 0 Å². The fourth-order valence-corrected chi connectivity index (χ4v) is 2.97. The maximum atomic E-state index is 11.6. The first-order valence-electron chi connectivity index (χ1n) is 6.08. The molecule has 0 radical (unpaired) electrons. The third-order valence-corrected chi connectivity index (χ3v) is 4.34. The van der Waals surface area contributed by atoms with Gasteiger partial charge in [-0.15, -0.1) is 11.6 Å². The predicted octanol–water partition coefficient (Wildman–Crippen LogP) is 3.16. The molecule has 0 spiro atoms. The first-order chi connectivity index (χ1) is 8.49. The Morgan fingerprint density at radius 1 is 1.33 bits per heavy atom. The molecule has 0 aliphatic heterocycles. The third kappa shape index (κ3) is 4.50. The lowest BCUT2D eigenvalue weighted by atomic mass is 10.0. The van der Waals surface area contributed by atoms with Crippen LogP contribution < -0.4 is 5.32 Å². The average molecular weight is 290 g/mol. The third-order valence-electron chi connectivity index (χ3n) is 2.96. The van der Waals surface area contributed by atoms with Gasteiger partial charge in [0.2, 0.25) is 0 Å². The minimum absolute atomic E-state index is 0.353. The number of benzene rings is 1. The van der Waals surface area contributed by atoms with E-state index in [0.29, 0.717) is 22.4 Å². The molecule has 0 aromatic heterocycles. The number of anilines is 1. The summed E-state index contributed by atoms with van der Waals surface area (Å²) in [7, 11) is -3.19. The Morgan fingerprint density at radius 2 is 2.00 bits per heavy atom. The fourth-order valence-electron chi connectivity index (χ4n) is 1.80. The van der Waals surface area contributed by atoms with Crippen LogP contribution in [-0.2, 0) is 9.84 Å². The highest BCUT2D eigenvalue weighted by atomic mass is 35.5. The van der Waals surface area contributed by atoms with Crippen LogP contribution in [0.25, 0.3) is 0 Å². The van der Waals surface area contributed by atoms with E-state index < -0.39 is 9.84 Å². The summed E-state index contributed by atoms with van der Waals surface area (Å²) < 4.78 is 23.3. The Morgan fingerprint density at radius 3 is 2.56 bits per heavy atom. The summed E-state index contributed by atoms with van der Waals surface area (Å²) in [6.45, 7) is 2.86. The Hall–Kier alpha value is -0.740. The first-order valence-corrected chi connectivity index (χ1v) is 8.50. The minimum Gasteiger partial charge on any atom is -0.384 e. The van der Waals surface area contributed by atoms with E-state index in [9.17, 15) is 8.42 Å². The second-order valence-corrected chi connectivity index (χ2v) is 6.76. The van der Waals surface area contributed by atoms with Gasteiger partial charge in [0.1, 0.15) is 0 Å². The van der Waals surface area contributed by atoms with E-state index >= 15 is 0 Å². The maximum absolute atomic E-state index is 11.6. The molecule has 1 atom stereocenters. The van der Waals surface area contributed by atoms with Crippen molar-refractivity contribution >= 4 is 27.1 Å². The molecule has 1 N–H and O–H groups in total. The summed E-state index contributed by atoms with van der Waals surface area (Å²) in [5.74, 6) is 1.10. The lowest BCUT2D eigenvalue weighted by Gasteiger charge is -2.16. The van der Waals surface area contributed by atoms with Crippen molar-refractivity contribution < 1.29 is 8.42 Å². The molecule has 0 saturated heterocycles. The van der Waals surface area contributed by atoms with Crippen LogP contribution in [0.15, 0.2) is 29.2 Å². The molecular weight excluding hydrogens is 270 g/mol. The molecule has 1 aromatic carbocycles.